The van der Waals surface area contributed by atoms with E-state index in [4.69, 9.17) is 16.3 Å². The summed E-state index contributed by atoms with van der Waals surface area (Å²) in [7, 11) is 0. The number of esters is 1. The van der Waals surface area contributed by atoms with Crippen LogP contribution in [0.4, 0.5) is 0 Å². The summed E-state index contributed by atoms with van der Waals surface area (Å²) < 4.78 is 5.61. The van der Waals surface area contributed by atoms with Crippen molar-refractivity contribution in [1.82, 2.24) is 4.90 Å². The molecule has 0 radical (unpaired) electrons. The van der Waals surface area contributed by atoms with Crippen molar-refractivity contribution in [3.8, 4) is 0 Å². The molecule has 3 nitrogen and oxygen atoms in total. The summed E-state index contributed by atoms with van der Waals surface area (Å²) in [5.41, 5.74) is 1.88. The first-order valence-electron chi connectivity index (χ1n) is 7.93. The van der Waals surface area contributed by atoms with Crippen LogP contribution in [0.2, 0.25) is 5.02 Å². The molecule has 0 N–H and O–H groups in total. The van der Waals surface area contributed by atoms with Gasteiger partial charge < -0.3 is 4.74 Å². The van der Waals surface area contributed by atoms with E-state index in [1.165, 1.54) is 5.56 Å². The molecule has 2 aromatic rings. The maximum Gasteiger partial charge on any atom is 0.338 e. The van der Waals surface area contributed by atoms with Crippen LogP contribution in [0.3, 0.4) is 0 Å². The molecule has 0 amide bonds. The predicted molar refractivity (Wildman–Crippen MR) is 98.9 cm³/mol. The molecule has 0 unspecified atom stereocenters. The largest absolute Gasteiger partial charge is 0.459 e. The van der Waals surface area contributed by atoms with Crippen LogP contribution in [-0.4, -0.2) is 30.1 Å². The van der Waals surface area contributed by atoms with E-state index in [2.05, 4.69) is 29.2 Å². The van der Waals surface area contributed by atoms with Gasteiger partial charge in [0.15, 0.2) is 0 Å². The highest BCUT2D eigenvalue weighted by Crippen LogP contribution is 2.18. The summed E-state index contributed by atoms with van der Waals surface area (Å²) in [5.74, 6) is -0.261. The third-order valence-corrected chi connectivity index (χ3v) is 4.39. The number of carbonyl (C=O) groups excluding carboxylic acids is 1. The predicted octanol–water partition coefficient (Wildman–Crippen LogP) is 4.58. The van der Waals surface area contributed by atoms with E-state index < -0.39 is 0 Å². The van der Waals surface area contributed by atoms with Gasteiger partial charge in [0.25, 0.3) is 0 Å². The van der Waals surface area contributed by atoms with Crippen LogP contribution in [0.15, 0.2) is 54.6 Å². The van der Waals surface area contributed by atoms with Crippen molar-refractivity contribution in [1.29, 1.82) is 0 Å². The van der Waals surface area contributed by atoms with E-state index in [1.807, 2.05) is 6.07 Å². The topological polar surface area (TPSA) is 29.5 Å². The molecule has 0 aromatic heterocycles. The van der Waals surface area contributed by atoms with E-state index in [1.54, 1.807) is 24.3 Å². The molecule has 1 saturated heterocycles. The van der Waals surface area contributed by atoms with E-state index >= 15 is 0 Å². The number of piperidine rings is 1. The van der Waals surface area contributed by atoms with Gasteiger partial charge in [-0.2, -0.15) is 0 Å². The molecular formula is C19H21Cl2NO2. The van der Waals surface area contributed by atoms with Gasteiger partial charge in [-0.3, -0.25) is 4.90 Å². The normalized spacial score (nSPS) is 15.5. The van der Waals surface area contributed by atoms with Crippen LogP contribution in [0.1, 0.15) is 28.8 Å². The summed E-state index contributed by atoms with van der Waals surface area (Å²) in [6.45, 7) is 2.86. The number of likely N-dealkylation sites (tertiary alicyclic amines) is 1. The van der Waals surface area contributed by atoms with Crippen molar-refractivity contribution in [3.63, 3.8) is 0 Å². The molecule has 0 spiro atoms. The highest BCUT2D eigenvalue weighted by Gasteiger charge is 2.22. The lowest BCUT2D eigenvalue weighted by atomic mass is 10.1. The molecule has 24 heavy (non-hydrogen) atoms. The molecule has 1 aliphatic heterocycles. The van der Waals surface area contributed by atoms with Crippen molar-refractivity contribution in [2.24, 2.45) is 0 Å². The smallest absolute Gasteiger partial charge is 0.338 e. The van der Waals surface area contributed by atoms with E-state index in [9.17, 15) is 4.79 Å². The molecular weight excluding hydrogens is 345 g/mol. The lowest BCUT2D eigenvalue weighted by Gasteiger charge is -2.31. The Hall–Kier alpha value is -1.55. The Balaban J connectivity index is 0.00000208. The lowest BCUT2D eigenvalue weighted by molar-refractivity contribution is 0.0104. The maximum absolute atomic E-state index is 12.1. The zero-order valence-corrected chi connectivity index (χ0v) is 14.9. The van der Waals surface area contributed by atoms with Gasteiger partial charge in [-0.05, 0) is 42.7 Å². The van der Waals surface area contributed by atoms with Crippen LogP contribution in [0, 0.1) is 0 Å². The molecule has 0 saturated carbocycles. The van der Waals surface area contributed by atoms with Crippen LogP contribution in [0.5, 0.6) is 0 Å². The number of carbonyl (C=O) groups is 1. The third-order valence-electron chi connectivity index (χ3n) is 4.14. The highest BCUT2D eigenvalue weighted by molar-refractivity contribution is 6.30. The second kappa shape index (κ2) is 9.07. The first kappa shape index (κ1) is 18.8. The molecule has 0 bridgehead atoms. The number of hydrogen-bond donors (Lipinski definition) is 0. The molecule has 2 aromatic carbocycles. The number of hydrogen-bond acceptors (Lipinski definition) is 3. The fourth-order valence-electron chi connectivity index (χ4n) is 2.83. The lowest BCUT2D eigenvalue weighted by Crippen LogP contribution is -2.37. The Morgan fingerprint density at radius 3 is 2.29 bits per heavy atom. The number of rotatable bonds is 4. The molecule has 0 aliphatic carbocycles. The third kappa shape index (κ3) is 5.23. The van der Waals surface area contributed by atoms with Gasteiger partial charge in [-0.25, -0.2) is 4.79 Å². The van der Waals surface area contributed by atoms with Gasteiger partial charge in [0, 0.05) is 24.7 Å². The van der Waals surface area contributed by atoms with Gasteiger partial charge in [-0.15, -0.1) is 12.4 Å². The van der Waals surface area contributed by atoms with E-state index in [-0.39, 0.29) is 24.5 Å². The van der Waals surface area contributed by atoms with Crippen molar-refractivity contribution in [3.05, 3.63) is 70.7 Å². The Morgan fingerprint density at radius 1 is 1.04 bits per heavy atom. The second-order valence-electron chi connectivity index (χ2n) is 5.87. The highest BCUT2D eigenvalue weighted by atomic mass is 35.5. The molecule has 3 rings (SSSR count). The van der Waals surface area contributed by atoms with Gasteiger partial charge in [0.2, 0.25) is 0 Å². The fraction of sp³-hybridized carbons (Fsp3) is 0.316. The van der Waals surface area contributed by atoms with Gasteiger partial charge in [0.05, 0.1) is 5.56 Å². The van der Waals surface area contributed by atoms with Crippen molar-refractivity contribution in [2.45, 2.75) is 25.5 Å². The molecule has 5 heteroatoms. The molecule has 128 valence electrons. The van der Waals surface area contributed by atoms with Crippen LogP contribution in [-0.2, 0) is 11.3 Å². The summed E-state index contributed by atoms with van der Waals surface area (Å²) in [5, 5.41) is 0.621. The summed E-state index contributed by atoms with van der Waals surface area (Å²) in [6, 6.07) is 17.3. The first-order chi connectivity index (χ1) is 11.2. The minimum absolute atomic E-state index is 0. The monoisotopic (exact) mass is 365 g/mol. The Morgan fingerprint density at radius 2 is 1.67 bits per heavy atom. The Bertz CT molecular complexity index is 638. The second-order valence-corrected chi connectivity index (χ2v) is 6.31. The number of nitrogens with zero attached hydrogens (tertiary/aromatic N) is 1. The summed E-state index contributed by atoms with van der Waals surface area (Å²) in [6.07, 6.45) is 1.77. The van der Waals surface area contributed by atoms with Gasteiger partial charge in [0.1, 0.15) is 6.10 Å². The summed E-state index contributed by atoms with van der Waals surface area (Å²) in [4.78, 5) is 14.5. The zero-order chi connectivity index (χ0) is 16.1. The molecule has 1 fully saturated rings. The van der Waals surface area contributed by atoms with Crippen molar-refractivity contribution < 1.29 is 9.53 Å². The minimum atomic E-state index is -0.261. The molecule has 1 aliphatic rings. The fourth-order valence-corrected chi connectivity index (χ4v) is 2.96. The van der Waals surface area contributed by atoms with Gasteiger partial charge >= 0.3 is 5.97 Å². The zero-order valence-electron chi connectivity index (χ0n) is 13.4. The van der Waals surface area contributed by atoms with Gasteiger partial charge in [-0.1, -0.05) is 41.9 Å². The average molecular weight is 366 g/mol. The average Bonchev–Trinajstić information content (AvgIpc) is 2.58. The van der Waals surface area contributed by atoms with Crippen LogP contribution < -0.4 is 0 Å². The van der Waals surface area contributed by atoms with Crippen molar-refractivity contribution in [2.75, 3.05) is 13.1 Å². The van der Waals surface area contributed by atoms with Crippen molar-refractivity contribution >= 4 is 30.0 Å². The quantitative estimate of drug-likeness (QED) is 0.742. The SMILES string of the molecule is Cl.O=C(OC1CCN(Cc2ccccc2)CC1)c1ccc(Cl)cc1. The Kier molecular flexibility index (Phi) is 7.10. The van der Waals surface area contributed by atoms with Crippen LogP contribution >= 0.6 is 24.0 Å². The molecule has 1 heterocycles. The number of halogens is 2. The minimum Gasteiger partial charge on any atom is -0.459 e. The van der Waals surface area contributed by atoms with E-state index in [0.29, 0.717) is 10.6 Å². The first-order valence-corrected chi connectivity index (χ1v) is 8.31. The number of ether oxygens (including phenoxy) is 1. The summed E-state index contributed by atoms with van der Waals surface area (Å²) >= 11 is 5.83. The number of benzene rings is 2. The van der Waals surface area contributed by atoms with E-state index in [0.717, 1.165) is 32.5 Å². The Labute approximate surface area is 154 Å². The molecule has 0 atom stereocenters. The maximum atomic E-state index is 12.1. The van der Waals surface area contributed by atoms with Crippen LogP contribution in [0.25, 0.3) is 0 Å². The standard InChI is InChI=1S/C19H20ClNO2.ClH/c20-17-8-6-16(7-9-17)19(22)23-18-10-12-21(13-11-18)14-15-4-2-1-3-5-15;/h1-9,18H,10-14H2;1H.